The maximum absolute atomic E-state index is 3.65. The van der Waals surface area contributed by atoms with Crippen LogP contribution in [0.2, 0.25) is 0 Å². The molecule has 0 aromatic heterocycles. The predicted octanol–water partition coefficient (Wildman–Crippen LogP) is 4.00. The second-order valence-electron chi connectivity index (χ2n) is 4.96. The van der Waals surface area contributed by atoms with Gasteiger partial charge in [0.2, 0.25) is 0 Å². The van der Waals surface area contributed by atoms with Crippen LogP contribution in [-0.4, -0.2) is 6.54 Å². The van der Waals surface area contributed by atoms with Crippen LogP contribution in [0.15, 0.2) is 18.2 Å². The number of benzene rings is 1. The van der Waals surface area contributed by atoms with Crippen LogP contribution in [0.25, 0.3) is 0 Å². The van der Waals surface area contributed by atoms with Gasteiger partial charge < -0.3 is 5.32 Å². The van der Waals surface area contributed by atoms with Crippen LogP contribution in [0.5, 0.6) is 0 Å². The van der Waals surface area contributed by atoms with Crippen LogP contribution >= 0.6 is 0 Å². The summed E-state index contributed by atoms with van der Waals surface area (Å²) in [4.78, 5) is 0. The molecular formula is C15H25N. The monoisotopic (exact) mass is 219 g/mol. The standard InChI is InChI=1S/C15H25N/c1-6-10-16-15(11(2)3)14-9-7-8-12(4)13(14)5/h7-9,11,15-16H,6,10H2,1-5H3. The molecule has 1 unspecified atom stereocenters. The van der Waals surface area contributed by atoms with E-state index in [2.05, 4.69) is 58.1 Å². The Labute approximate surface area is 100 Å². The Kier molecular flexibility index (Phi) is 5.01. The zero-order chi connectivity index (χ0) is 12.1. The smallest absolute Gasteiger partial charge is 0.0346 e. The molecule has 0 aliphatic carbocycles. The third kappa shape index (κ3) is 3.08. The Morgan fingerprint density at radius 3 is 2.44 bits per heavy atom. The van der Waals surface area contributed by atoms with Gasteiger partial charge in [-0.15, -0.1) is 0 Å². The van der Waals surface area contributed by atoms with Crippen LogP contribution in [-0.2, 0) is 0 Å². The van der Waals surface area contributed by atoms with Crippen molar-refractivity contribution >= 4 is 0 Å². The van der Waals surface area contributed by atoms with Crippen molar-refractivity contribution in [3.05, 3.63) is 34.9 Å². The highest BCUT2D eigenvalue weighted by Crippen LogP contribution is 2.26. The van der Waals surface area contributed by atoms with Crippen LogP contribution in [0.1, 0.15) is 49.9 Å². The van der Waals surface area contributed by atoms with E-state index < -0.39 is 0 Å². The molecule has 0 heterocycles. The molecule has 0 bridgehead atoms. The van der Waals surface area contributed by atoms with Crippen LogP contribution in [0.3, 0.4) is 0 Å². The second-order valence-corrected chi connectivity index (χ2v) is 4.96. The number of nitrogens with one attached hydrogen (secondary N) is 1. The molecule has 0 amide bonds. The summed E-state index contributed by atoms with van der Waals surface area (Å²) in [5, 5.41) is 3.65. The van der Waals surface area contributed by atoms with Gasteiger partial charge in [-0.2, -0.15) is 0 Å². The van der Waals surface area contributed by atoms with Gasteiger partial charge in [0.05, 0.1) is 0 Å². The van der Waals surface area contributed by atoms with Crippen LogP contribution in [0, 0.1) is 19.8 Å². The number of hydrogen-bond donors (Lipinski definition) is 1. The first-order chi connectivity index (χ1) is 7.57. The van der Waals surface area contributed by atoms with Crippen molar-refractivity contribution in [3.8, 4) is 0 Å². The highest BCUT2D eigenvalue weighted by Gasteiger charge is 2.16. The molecule has 1 aromatic rings. The van der Waals surface area contributed by atoms with Gasteiger partial charge in [-0.3, -0.25) is 0 Å². The summed E-state index contributed by atoms with van der Waals surface area (Å²) in [5.74, 6) is 0.632. The first-order valence-corrected chi connectivity index (χ1v) is 6.37. The van der Waals surface area contributed by atoms with Gasteiger partial charge in [-0.25, -0.2) is 0 Å². The summed E-state index contributed by atoms with van der Waals surface area (Å²) in [6.07, 6.45) is 1.19. The lowest BCUT2D eigenvalue weighted by Gasteiger charge is -2.25. The SMILES string of the molecule is CCCNC(c1cccc(C)c1C)C(C)C. The normalized spacial score (nSPS) is 13.1. The lowest BCUT2D eigenvalue weighted by Crippen LogP contribution is -2.27. The molecule has 0 radical (unpaired) electrons. The van der Waals surface area contributed by atoms with Crippen LogP contribution < -0.4 is 5.32 Å². The van der Waals surface area contributed by atoms with Crippen molar-refractivity contribution in [2.24, 2.45) is 5.92 Å². The van der Waals surface area contributed by atoms with Crippen molar-refractivity contribution in [3.63, 3.8) is 0 Å². The maximum atomic E-state index is 3.65. The molecule has 1 heteroatoms. The number of hydrogen-bond acceptors (Lipinski definition) is 1. The van der Waals surface area contributed by atoms with Gasteiger partial charge in [0.1, 0.15) is 0 Å². The molecule has 1 aromatic carbocycles. The quantitative estimate of drug-likeness (QED) is 0.789. The summed E-state index contributed by atoms with van der Waals surface area (Å²) in [6, 6.07) is 7.10. The molecule has 1 N–H and O–H groups in total. The van der Waals surface area contributed by atoms with E-state index in [4.69, 9.17) is 0 Å². The topological polar surface area (TPSA) is 12.0 Å². The Morgan fingerprint density at radius 1 is 1.19 bits per heavy atom. The van der Waals surface area contributed by atoms with E-state index in [1.165, 1.54) is 23.1 Å². The van der Waals surface area contributed by atoms with E-state index >= 15 is 0 Å². The second kappa shape index (κ2) is 6.05. The Balaban J connectivity index is 2.96. The summed E-state index contributed by atoms with van der Waals surface area (Å²) in [7, 11) is 0. The summed E-state index contributed by atoms with van der Waals surface area (Å²) >= 11 is 0. The molecule has 0 saturated heterocycles. The third-order valence-corrected chi connectivity index (χ3v) is 3.26. The molecule has 0 saturated carbocycles. The molecule has 90 valence electrons. The average molecular weight is 219 g/mol. The van der Waals surface area contributed by atoms with Gasteiger partial charge in [-0.05, 0) is 49.4 Å². The zero-order valence-electron chi connectivity index (χ0n) is 11.3. The minimum atomic E-state index is 0.486. The highest BCUT2D eigenvalue weighted by molar-refractivity contribution is 5.35. The first-order valence-electron chi connectivity index (χ1n) is 6.37. The summed E-state index contributed by atoms with van der Waals surface area (Å²) < 4.78 is 0. The molecule has 0 fully saturated rings. The Bertz CT molecular complexity index is 328. The van der Waals surface area contributed by atoms with Crippen molar-refractivity contribution in [1.82, 2.24) is 5.32 Å². The maximum Gasteiger partial charge on any atom is 0.0346 e. The van der Waals surface area contributed by atoms with E-state index in [9.17, 15) is 0 Å². The number of rotatable bonds is 5. The molecule has 0 aliphatic heterocycles. The lowest BCUT2D eigenvalue weighted by atomic mass is 9.90. The van der Waals surface area contributed by atoms with Crippen molar-refractivity contribution < 1.29 is 0 Å². The molecule has 16 heavy (non-hydrogen) atoms. The van der Waals surface area contributed by atoms with Gasteiger partial charge >= 0.3 is 0 Å². The van der Waals surface area contributed by atoms with Crippen molar-refractivity contribution in [2.75, 3.05) is 6.54 Å². The van der Waals surface area contributed by atoms with Gasteiger partial charge in [0, 0.05) is 6.04 Å². The first kappa shape index (κ1) is 13.2. The number of aryl methyl sites for hydroxylation is 1. The molecular weight excluding hydrogens is 194 g/mol. The van der Waals surface area contributed by atoms with E-state index in [0.717, 1.165) is 6.54 Å². The van der Waals surface area contributed by atoms with Gasteiger partial charge in [0.15, 0.2) is 0 Å². The van der Waals surface area contributed by atoms with E-state index in [-0.39, 0.29) is 0 Å². The van der Waals surface area contributed by atoms with E-state index in [0.29, 0.717) is 12.0 Å². The zero-order valence-corrected chi connectivity index (χ0v) is 11.3. The minimum Gasteiger partial charge on any atom is -0.310 e. The Morgan fingerprint density at radius 2 is 1.88 bits per heavy atom. The largest absolute Gasteiger partial charge is 0.310 e. The fourth-order valence-corrected chi connectivity index (χ4v) is 2.12. The van der Waals surface area contributed by atoms with E-state index in [1.807, 2.05) is 0 Å². The Hall–Kier alpha value is -0.820. The van der Waals surface area contributed by atoms with Crippen molar-refractivity contribution in [2.45, 2.75) is 47.1 Å². The minimum absolute atomic E-state index is 0.486. The summed E-state index contributed by atoms with van der Waals surface area (Å²) in [5.41, 5.74) is 4.29. The van der Waals surface area contributed by atoms with Crippen molar-refractivity contribution in [1.29, 1.82) is 0 Å². The molecule has 0 aliphatic rings. The fourth-order valence-electron chi connectivity index (χ4n) is 2.12. The highest BCUT2D eigenvalue weighted by atomic mass is 14.9. The lowest BCUT2D eigenvalue weighted by molar-refractivity contribution is 0.411. The summed E-state index contributed by atoms with van der Waals surface area (Å²) in [6.45, 7) is 12.3. The fraction of sp³-hybridized carbons (Fsp3) is 0.600. The average Bonchev–Trinajstić information content (AvgIpc) is 2.24. The molecule has 1 rings (SSSR count). The molecule has 0 spiro atoms. The third-order valence-electron chi connectivity index (χ3n) is 3.26. The van der Waals surface area contributed by atoms with Gasteiger partial charge in [0.25, 0.3) is 0 Å². The predicted molar refractivity (Wildman–Crippen MR) is 71.8 cm³/mol. The molecule has 1 atom stereocenters. The van der Waals surface area contributed by atoms with Gasteiger partial charge in [-0.1, -0.05) is 39.0 Å². The molecule has 1 nitrogen and oxygen atoms in total. The van der Waals surface area contributed by atoms with E-state index in [1.54, 1.807) is 0 Å². The van der Waals surface area contributed by atoms with Crippen LogP contribution in [0.4, 0.5) is 0 Å².